The van der Waals surface area contributed by atoms with Crippen molar-refractivity contribution < 1.29 is 0 Å². The average molecular weight is 212 g/mol. The van der Waals surface area contributed by atoms with E-state index in [4.69, 9.17) is 0 Å². The Morgan fingerprint density at radius 1 is 0.562 bits per heavy atom. The van der Waals surface area contributed by atoms with Gasteiger partial charge in [0.2, 0.25) is 0 Å². The molecule has 16 heavy (non-hydrogen) atoms. The van der Waals surface area contributed by atoms with Gasteiger partial charge in [-0.25, -0.2) is 0 Å². The van der Waals surface area contributed by atoms with E-state index in [1.165, 1.54) is 0 Å². The molecule has 0 N–H and O–H groups in total. The Labute approximate surface area is 95.3 Å². The lowest BCUT2D eigenvalue weighted by atomic mass is 9.27. The molecule has 0 amide bonds. The van der Waals surface area contributed by atoms with Crippen molar-refractivity contribution in [1.29, 1.82) is 21.0 Å². The van der Waals surface area contributed by atoms with Crippen molar-refractivity contribution in [2.75, 3.05) is 0 Å². The number of hydrogen-bond donors (Lipinski definition) is 0. The molecule has 0 atom stereocenters. The molecule has 0 bridgehead atoms. The Morgan fingerprint density at radius 3 is 0.875 bits per heavy atom. The Balaban J connectivity index is 3.69. The molecule has 0 aromatic carbocycles. The molecule has 1 rings (SSSR count). The molecule has 1 aliphatic rings. The van der Waals surface area contributed by atoms with Crippen molar-refractivity contribution in [2.24, 2.45) is 21.7 Å². The predicted molar refractivity (Wildman–Crippen MR) is 54.9 cm³/mol. The summed E-state index contributed by atoms with van der Waals surface area (Å²) in [6.45, 7) is 7.03. The first-order chi connectivity index (χ1) is 7.24. The maximum atomic E-state index is 9.23. The van der Waals surface area contributed by atoms with E-state index in [0.717, 1.165) is 0 Å². The van der Waals surface area contributed by atoms with Crippen molar-refractivity contribution in [3.63, 3.8) is 0 Å². The molecule has 1 aliphatic carbocycles. The van der Waals surface area contributed by atoms with Crippen molar-refractivity contribution in [2.45, 2.75) is 27.7 Å². The normalized spacial score (nSPS) is 26.0. The molecule has 1 fully saturated rings. The highest BCUT2D eigenvalue weighted by Crippen LogP contribution is 2.77. The minimum Gasteiger partial charge on any atom is -0.196 e. The van der Waals surface area contributed by atoms with Crippen LogP contribution in [0.2, 0.25) is 0 Å². The summed E-state index contributed by atoms with van der Waals surface area (Å²) in [7, 11) is 0. The van der Waals surface area contributed by atoms with Crippen LogP contribution in [0.15, 0.2) is 0 Å². The molecule has 0 unspecified atom stereocenters. The van der Waals surface area contributed by atoms with Crippen molar-refractivity contribution in [3.05, 3.63) is 0 Å². The Kier molecular flexibility index (Phi) is 2.07. The molecule has 4 nitrogen and oxygen atoms in total. The van der Waals surface area contributed by atoms with Gasteiger partial charge >= 0.3 is 0 Å². The third-order valence-electron chi connectivity index (χ3n) is 4.67. The summed E-state index contributed by atoms with van der Waals surface area (Å²) in [4.78, 5) is 0. The van der Waals surface area contributed by atoms with E-state index < -0.39 is 21.7 Å². The lowest BCUT2D eigenvalue weighted by molar-refractivity contribution is -0.197. The van der Waals surface area contributed by atoms with Gasteiger partial charge in [-0.05, 0) is 0 Å². The fourth-order valence-corrected chi connectivity index (χ4v) is 2.76. The summed E-state index contributed by atoms with van der Waals surface area (Å²) >= 11 is 0. The topological polar surface area (TPSA) is 95.2 Å². The monoisotopic (exact) mass is 212 g/mol. The van der Waals surface area contributed by atoms with Gasteiger partial charge in [-0.2, -0.15) is 21.0 Å². The molecule has 0 saturated heterocycles. The van der Waals surface area contributed by atoms with E-state index in [1.54, 1.807) is 27.7 Å². The molecule has 1 saturated carbocycles. The molecular weight excluding hydrogens is 200 g/mol. The summed E-state index contributed by atoms with van der Waals surface area (Å²) in [6, 6.07) is 7.59. The van der Waals surface area contributed by atoms with E-state index in [2.05, 4.69) is 0 Å². The van der Waals surface area contributed by atoms with Crippen LogP contribution in [-0.2, 0) is 0 Å². The molecule has 4 heteroatoms. The molecule has 0 aliphatic heterocycles. The lowest BCUT2D eigenvalue weighted by Crippen LogP contribution is -2.73. The van der Waals surface area contributed by atoms with Gasteiger partial charge in [0.15, 0.2) is 10.8 Å². The number of hydrogen-bond acceptors (Lipinski definition) is 4. The van der Waals surface area contributed by atoms with Gasteiger partial charge in [-0.3, -0.25) is 0 Å². The van der Waals surface area contributed by atoms with Gasteiger partial charge in [0.25, 0.3) is 0 Å². The van der Waals surface area contributed by atoms with E-state index in [-0.39, 0.29) is 0 Å². The fourth-order valence-electron chi connectivity index (χ4n) is 2.76. The molecule has 80 valence electrons. The minimum absolute atomic E-state index is 0.699. The summed E-state index contributed by atoms with van der Waals surface area (Å²) in [5.41, 5.74) is -4.52. The lowest BCUT2D eigenvalue weighted by Gasteiger charge is -2.67. The van der Waals surface area contributed by atoms with Crippen LogP contribution in [0, 0.1) is 67.0 Å². The van der Waals surface area contributed by atoms with Crippen LogP contribution < -0.4 is 0 Å². The van der Waals surface area contributed by atoms with Crippen LogP contribution in [0.25, 0.3) is 0 Å². The highest BCUT2D eigenvalue weighted by atomic mass is 14.8. The van der Waals surface area contributed by atoms with E-state index >= 15 is 0 Å². The number of rotatable bonds is 0. The first kappa shape index (κ1) is 12.0. The first-order valence-corrected chi connectivity index (χ1v) is 4.89. The van der Waals surface area contributed by atoms with Crippen LogP contribution in [0.4, 0.5) is 0 Å². The minimum atomic E-state index is -1.56. The zero-order valence-electron chi connectivity index (χ0n) is 9.79. The summed E-state index contributed by atoms with van der Waals surface area (Å²) in [5, 5.41) is 36.9. The summed E-state index contributed by atoms with van der Waals surface area (Å²) in [6.07, 6.45) is 0. The molecule has 0 spiro atoms. The maximum Gasteiger partial charge on any atom is 0.181 e. The highest BCUT2D eigenvalue weighted by molar-refractivity contribution is 5.49. The second kappa shape index (κ2) is 2.75. The van der Waals surface area contributed by atoms with E-state index in [0.29, 0.717) is 0 Å². The van der Waals surface area contributed by atoms with E-state index in [1.807, 2.05) is 24.3 Å². The van der Waals surface area contributed by atoms with Crippen LogP contribution >= 0.6 is 0 Å². The van der Waals surface area contributed by atoms with Crippen LogP contribution in [0.3, 0.4) is 0 Å². The van der Waals surface area contributed by atoms with Gasteiger partial charge in [0, 0.05) is 10.8 Å². The second-order valence-corrected chi connectivity index (χ2v) is 5.20. The van der Waals surface area contributed by atoms with Gasteiger partial charge in [0.05, 0.1) is 24.3 Å². The van der Waals surface area contributed by atoms with E-state index in [9.17, 15) is 21.0 Å². The summed E-state index contributed by atoms with van der Waals surface area (Å²) in [5.74, 6) is 0. The van der Waals surface area contributed by atoms with Crippen molar-refractivity contribution in [1.82, 2.24) is 0 Å². The smallest absolute Gasteiger partial charge is 0.181 e. The van der Waals surface area contributed by atoms with Crippen LogP contribution in [-0.4, -0.2) is 0 Å². The van der Waals surface area contributed by atoms with Crippen molar-refractivity contribution in [3.8, 4) is 24.3 Å². The summed E-state index contributed by atoms with van der Waals surface area (Å²) < 4.78 is 0. The van der Waals surface area contributed by atoms with Crippen LogP contribution in [0.1, 0.15) is 27.7 Å². The van der Waals surface area contributed by atoms with Gasteiger partial charge < -0.3 is 0 Å². The van der Waals surface area contributed by atoms with Crippen molar-refractivity contribution >= 4 is 0 Å². The third-order valence-corrected chi connectivity index (χ3v) is 4.67. The molecule has 0 heterocycles. The predicted octanol–water partition coefficient (Wildman–Crippen LogP) is 2.12. The zero-order valence-corrected chi connectivity index (χ0v) is 9.79. The largest absolute Gasteiger partial charge is 0.196 e. The zero-order chi connectivity index (χ0) is 12.8. The third kappa shape index (κ3) is 0.680. The second-order valence-electron chi connectivity index (χ2n) is 5.20. The number of nitriles is 4. The first-order valence-electron chi connectivity index (χ1n) is 4.89. The number of nitrogens with zero attached hydrogens (tertiary/aromatic N) is 4. The standard InChI is InChI=1S/C12H12N4/c1-9(2)10(3,4)12(7-15,8-16)11(9,5-13)6-14/h1-4H3. The Morgan fingerprint density at radius 2 is 0.750 bits per heavy atom. The highest BCUT2D eigenvalue weighted by Gasteiger charge is 2.83. The van der Waals surface area contributed by atoms with Crippen LogP contribution in [0.5, 0.6) is 0 Å². The Hall–Kier alpha value is -2.04. The average Bonchev–Trinajstić information content (AvgIpc) is 2.24. The molecule has 0 aromatic rings. The molecular formula is C12H12N4. The molecule has 0 radical (unpaired) electrons. The Bertz CT molecular complexity index is 423. The molecule has 0 aromatic heterocycles. The fraction of sp³-hybridized carbons (Fsp3) is 0.667. The SMILES string of the molecule is CC1(C)C(C)(C)C(C#N)(C#N)C1(C#N)C#N. The quantitative estimate of drug-likeness (QED) is 0.614. The van der Waals surface area contributed by atoms with Gasteiger partial charge in [-0.1, -0.05) is 27.7 Å². The van der Waals surface area contributed by atoms with Gasteiger partial charge in [0.1, 0.15) is 0 Å². The maximum absolute atomic E-state index is 9.23. The van der Waals surface area contributed by atoms with Gasteiger partial charge in [-0.15, -0.1) is 0 Å².